The number of ketones is 1. The van der Waals surface area contributed by atoms with E-state index in [4.69, 9.17) is 9.15 Å². The van der Waals surface area contributed by atoms with Crippen LogP contribution in [0.5, 0.6) is 11.5 Å². The van der Waals surface area contributed by atoms with Crippen molar-refractivity contribution in [1.29, 1.82) is 0 Å². The number of nitrogens with zero attached hydrogens (tertiary/aromatic N) is 1. The lowest BCUT2D eigenvalue weighted by Crippen LogP contribution is -2.23. The van der Waals surface area contributed by atoms with E-state index in [9.17, 15) is 19.5 Å². The van der Waals surface area contributed by atoms with Gasteiger partial charge in [-0.25, -0.2) is 4.79 Å². The minimum Gasteiger partial charge on any atom is -0.506 e. The standard InChI is InChI=1S/C24H17NO6/c1-11-8-17(27)30-23-19(11)22(29)20(12(2)26)24-21(23)15(10-18(28)31-24)13-5-6-16-14(9-13)4-3-7-25-16/h3-9,15,29H,10H2,1-2H3/t15-/m0/s1. The van der Waals surface area contributed by atoms with Crippen LogP contribution < -0.4 is 10.4 Å². The average Bonchev–Trinajstić information content (AvgIpc) is 2.71. The van der Waals surface area contributed by atoms with Crippen LogP contribution >= 0.6 is 0 Å². The lowest BCUT2D eigenvalue weighted by molar-refractivity contribution is -0.135. The molecule has 0 radical (unpaired) electrons. The Labute approximate surface area is 175 Å². The van der Waals surface area contributed by atoms with Crippen LogP contribution in [0.4, 0.5) is 0 Å². The molecule has 4 aromatic rings. The highest BCUT2D eigenvalue weighted by atomic mass is 16.5. The first-order valence-corrected chi connectivity index (χ1v) is 9.74. The van der Waals surface area contributed by atoms with E-state index in [1.807, 2.05) is 30.3 Å². The minimum atomic E-state index is -0.597. The highest BCUT2D eigenvalue weighted by molar-refractivity contribution is 6.09. The van der Waals surface area contributed by atoms with Gasteiger partial charge in [0.15, 0.2) is 11.5 Å². The van der Waals surface area contributed by atoms with Gasteiger partial charge in [-0.05, 0) is 43.2 Å². The van der Waals surface area contributed by atoms with E-state index < -0.39 is 23.3 Å². The number of phenols is 1. The molecular weight excluding hydrogens is 398 g/mol. The zero-order valence-electron chi connectivity index (χ0n) is 16.8. The van der Waals surface area contributed by atoms with Crippen molar-refractivity contribution in [2.75, 3.05) is 0 Å². The Hall–Kier alpha value is -4.00. The summed E-state index contributed by atoms with van der Waals surface area (Å²) in [6, 6.07) is 10.6. The van der Waals surface area contributed by atoms with Gasteiger partial charge in [-0.2, -0.15) is 0 Å². The molecule has 31 heavy (non-hydrogen) atoms. The number of benzene rings is 2. The number of fused-ring (bicyclic) bond motifs is 4. The number of carbonyl (C=O) groups is 2. The van der Waals surface area contributed by atoms with Crippen LogP contribution in [0.3, 0.4) is 0 Å². The summed E-state index contributed by atoms with van der Waals surface area (Å²) in [5, 5.41) is 12.0. The fraction of sp³-hybridized carbons (Fsp3) is 0.167. The fourth-order valence-corrected chi connectivity index (χ4v) is 4.33. The van der Waals surface area contributed by atoms with E-state index in [2.05, 4.69) is 4.98 Å². The predicted octanol–water partition coefficient (Wildman–Crippen LogP) is 4.00. The molecule has 1 aliphatic rings. The maximum absolute atomic E-state index is 12.5. The number of Topliss-reactive ketones (excluding diaryl/α,β-unsaturated/α-hetero) is 1. The van der Waals surface area contributed by atoms with Gasteiger partial charge in [-0.3, -0.25) is 14.6 Å². The van der Waals surface area contributed by atoms with Crippen LogP contribution in [0, 0.1) is 6.92 Å². The summed E-state index contributed by atoms with van der Waals surface area (Å²) in [7, 11) is 0. The SMILES string of the molecule is CC(=O)c1c2c(c3oc(=O)cc(C)c3c1O)[C@H](c1ccc3ncccc3c1)CC(=O)O2. The summed E-state index contributed by atoms with van der Waals surface area (Å²) in [6.45, 7) is 2.94. The lowest BCUT2D eigenvalue weighted by Gasteiger charge is -2.28. The summed E-state index contributed by atoms with van der Waals surface area (Å²) in [6.07, 6.45) is 1.69. The highest BCUT2D eigenvalue weighted by Crippen LogP contribution is 2.49. The third-order valence-electron chi connectivity index (χ3n) is 5.66. The second-order valence-electron chi connectivity index (χ2n) is 7.66. The van der Waals surface area contributed by atoms with Crippen LogP contribution in [0.25, 0.3) is 21.9 Å². The Kier molecular flexibility index (Phi) is 4.15. The third-order valence-corrected chi connectivity index (χ3v) is 5.66. The molecule has 2 aromatic carbocycles. The van der Waals surface area contributed by atoms with Crippen molar-refractivity contribution < 1.29 is 23.8 Å². The smallest absolute Gasteiger partial charge is 0.336 e. The molecule has 5 rings (SSSR count). The van der Waals surface area contributed by atoms with Crippen LogP contribution in [-0.2, 0) is 4.79 Å². The van der Waals surface area contributed by atoms with Crippen LogP contribution in [0.2, 0.25) is 0 Å². The zero-order valence-corrected chi connectivity index (χ0v) is 16.8. The molecule has 2 aromatic heterocycles. The zero-order chi connectivity index (χ0) is 21.9. The number of aromatic hydroxyl groups is 1. The molecule has 7 heteroatoms. The predicted molar refractivity (Wildman–Crippen MR) is 113 cm³/mol. The molecule has 3 heterocycles. The fourth-order valence-electron chi connectivity index (χ4n) is 4.33. The van der Waals surface area contributed by atoms with Crippen molar-refractivity contribution in [3.63, 3.8) is 0 Å². The molecule has 0 aliphatic carbocycles. The summed E-state index contributed by atoms with van der Waals surface area (Å²) in [5.41, 5.74) is 1.87. The van der Waals surface area contributed by atoms with E-state index in [1.165, 1.54) is 13.0 Å². The topological polar surface area (TPSA) is 107 Å². The molecule has 0 saturated heterocycles. The minimum absolute atomic E-state index is 0.00631. The molecule has 0 unspecified atom stereocenters. The Balaban J connectivity index is 1.91. The quantitative estimate of drug-likeness (QED) is 0.228. The van der Waals surface area contributed by atoms with Gasteiger partial charge in [-0.1, -0.05) is 12.1 Å². The molecule has 1 atom stereocenters. The van der Waals surface area contributed by atoms with Gasteiger partial charge in [-0.15, -0.1) is 0 Å². The van der Waals surface area contributed by atoms with E-state index >= 15 is 0 Å². The Morgan fingerprint density at radius 2 is 2.00 bits per heavy atom. The number of ether oxygens (including phenoxy) is 1. The maximum atomic E-state index is 12.5. The van der Waals surface area contributed by atoms with E-state index in [-0.39, 0.29) is 34.5 Å². The number of pyridine rings is 1. The average molecular weight is 415 g/mol. The first kappa shape index (κ1) is 19.0. The van der Waals surface area contributed by atoms with Gasteiger partial charge in [0.2, 0.25) is 0 Å². The molecule has 1 aliphatic heterocycles. The summed E-state index contributed by atoms with van der Waals surface area (Å²) in [4.78, 5) is 41.4. The van der Waals surface area contributed by atoms with Crippen LogP contribution in [-0.4, -0.2) is 21.8 Å². The molecule has 154 valence electrons. The molecule has 7 nitrogen and oxygen atoms in total. The molecular formula is C24H17NO6. The van der Waals surface area contributed by atoms with Gasteiger partial charge in [0.25, 0.3) is 0 Å². The highest BCUT2D eigenvalue weighted by Gasteiger charge is 2.37. The number of esters is 1. The maximum Gasteiger partial charge on any atom is 0.336 e. The van der Waals surface area contributed by atoms with E-state index in [0.717, 1.165) is 16.5 Å². The van der Waals surface area contributed by atoms with Gasteiger partial charge in [0.05, 0.1) is 17.3 Å². The van der Waals surface area contributed by atoms with Crippen molar-refractivity contribution in [2.45, 2.75) is 26.2 Å². The molecule has 0 fully saturated rings. The van der Waals surface area contributed by atoms with E-state index in [0.29, 0.717) is 11.1 Å². The van der Waals surface area contributed by atoms with Crippen molar-refractivity contribution >= 4 is 33.6 Å². The number of hydrogen-bond acceptors (Lipinski definition) is 7. The van der Waals surface area contributed by atoms with Gasteiger partial charge in [0, 0.05) is 29.1 Å². The molecule has 0 bridgehead atoms. The number of aromatic nitrogens is 1. The Morgan fingerprint density at radius 1 is 1.19 bits per heavy atom. The van der Waals surface area contributed by atoms with Gasteiger partial charge >= 0.3 is 11.6 Å². The normalized spacial score (nSPS) is 15.7. The number of phenolic OH excluding ortho intramolecular Hbond substituents is 1. The second-order valence-corrected chi connectivity index (χ2v) is 7.66. The van der Waals surface area contributed by atoms with Crippen molar-refractivity contribution in [3.05, 3.63) is 75.3 Å². The Bertz CT molecular complexity index is 1480. The number of carbonyl (C=O) groups excluding carboxylic acids is 2. The van der Waals surface area contributed by atoms with Crippen molar-refractivity contribution in [1.82, 2.24) is 4.98 Å². The monoisotopic (exact) mass is 415 g/mol. The van der Waals surface area contributed by atoms with Gasteiger partial charge < -0.3 is 14.3 Å². The summed E-state index contributed by atoms with van der Waals surface area (Å²) < 4.78 is 10.9. The summed E-state index contributed by atoms with van der Waals surface area (Å²) in [5.74, 6) is -1.96. The van der Waals surface area contributed by atoms with Crippen molar-refractivity contribution in [3.8, 4) is 11.5 Å². The largest absolute Gasteiger partial charge is 0.506 e. The van der Waals surface area contributed by atoms with E-state index in [1.54, 1.807) is 13.1 Å². The molecule has 0 saturated carbocycles. The number of hydrogen-bond donors (Lipinski definition) is 1. The van der Waals surface area contributed by atoms with Crippen molar-refractivity contribution in [2.24, 2.45) is 0 Å². The number of aryl methyl sites for hydroxylation is 1. The third kappa shape index (κ3) is 2.89. The molecule has 0 amide bonds. The van der Waals surface area contributed by atoms with Crippen LogP contribution in [0.15, 0.2) is 51.8 Å². The summed E-state index contributed by atoms with van der Waals surface area (Å²) >= 11 is 0. The van der Waals surface area contributed by atoms with Crippen LogP contribution in [0.1, 0.15) is 46.3 Å². The first-order valence-electron chi connectivity index (χ1n) is 9.74. The first-order chi connectivity index (χ1) is 14.8. The second kappa shape index (κ2) is 6.77. The Morgan fingerprint density at radius 3 is 2.77 bits per heavy atom. The number of rotatable bonds is 2. The molecule has 1 N–H and O–H groups in total. The molecule has 0 spiro atoms. The lowest BCUT2D eigenvalue weighted by atomic mass is 9.82. The van der Waals surface area contributed by atoms with Gasteiger partial charge in [0.1, 0.15) is 16.9 Å².